The molecule has 0 fully saturated rings. The molecule has 1 amide bonds. The van der Waals surface area contributed by atoms with Gasteiger partial charge >= 0.3 is 6.09 Å². The number of ether oxygens (including phenoxy) is 1. The van der Waals surface area contributed by atoms with Gasteiger partial charge in [-0.2, -0.15) is 0 Å². The predicted octanol–water partition coefficient (Wildman–Crippen LogP) is 4.77. The SMILES string of the molecule is CC(C)(C)OC(=O)N1C(c2ccccc2)=C[C@H](c2ccccc2)C[C@@H]1O. The molecule has 136 valence electrons. The van der Waals surface area contributed by atoms with Crippen molar-refractivity contribution in [2.45, 2.75) is 44.9 Å². The van der Waals surface area contributed by atoms with Crippen LogP contribution in [-0.2, 0) is 4.74 Å². The number of carbonyl (C=O) groups is 1. The second kappa shape index (κ2) is 7.34. The Bertz CT molecular complexity index is 778. The van der Waals surface area contributed by atoms with Crippen molar-refractivity contribution in [3.05, 3.63) is 77.9 Å². The number of amides is 1. The van der Waals surface area contributed by atoms with E-state index in [0.29, 0.717) is 12.1 Å². The summed E-state index contributed by atoms with van der Waals surface area (Å²) < 4.78 is 5.53. The van der Waals surface area contributed by atoms with Crippen LogP contribution in [0.25, 0.3) is 5.70 Å². The van der Waals surface area contributed by atoms with Crippen molar-refractivity contribution in [1.82, 2.24) is 4.90 Å². The van der Waals surface area contributed by atoms with Crippen molar-refractivity contribution in [2.24, 2.45) is 0 Å². The number of rotatable bonds is 2. The summed E-state index contributed by atoms with van der Waals surface area (Å²) in [7, 11) is 0. The van der Waals surface area contributed by atoms with Crippen molar-refractivity contribution >= 4 is 11.8 Å². The molecule has 0 radical (unpaired) electrons. The zero-order valence-corrected chi connectivity index (χ0v) is 15.4. The number of carbonyl (C=O) groups excluding carboxylic acids is 1. The second-order valence-electron chi connectivity index (χ2n) is 7.50. The second-order valence-corrected chi connectivity index (χ2v) is 7.50. The summed E-state index contributed by atoms with van der Waals surface area (Å²) in [5, 5.41) is 10.8. The largest absolute Gasteiger partial charge is 0.443 e. The number of hydrogen-bond acceptors (Lipinski definition) is 3. The highest BCUT2D eigenvalue weighted by atomic mass is 16.6. The van der Waals surface area contributed by atoms with Gasteiger partial charge in [0.25, 0.3) is 0 Å². The van der Waals surface area contributed by atoms with Crippen LogP contribution in [0.1, 0.15) is 44.2 Å². The van der Waals surface area contributed by atoms with E-state index in [9.17, 15) is 9.90 Å². The smallest absolute Gasteiger partial charge is 0.416 e. The van der Waals surface area contributed by atoms with Gasteiger partial charge in [0.05, 0.1) is 5.70 Å². The first-order valence-corrected chi connectivity index (χ1v) is 8.87. The number of aliphatic hydroxyl groups excluding tert-OH is 1. The molecule has 0 saturated carbocycles. The fraction of sp³-hybridized carbons (Fsp3) is 0.318. The summed E-state index contributed by atoms with van der Waals surface area (Å²) in [5.41, 5.74) is 2.03. The van der Waals surface area contributed by atoms with Gasteiger partial charge in [0.15, 0.2) is 0 Å². The van der Waals surface area contributed by atoms with Crippen molar-refractivity contribution in [1.29, 1.82) is 0 Å². The van der Waals surface area contributed by atoms with Crippen LogP contribution in [0.2, 0.25) is 0 Å². The summed E-state index contributed by atoms with van der Waals surface area (Å²) in [6, 6.07) is 19.7. The van der Waals surface area contributed by atoms with Gasteiger partial charge in [-0.1, -0.05) is 66.7 Å². The number of hydrogen-bond donors (Lipinski definition) is 1. The van der Waals surface area contributed by atoms with Crippen LogP contribution in [0.3, 0.4) is 0 Å². The van der Waals surface area contributed by atoms with E-state index in [1.165, 1.54) is 4.90 Å². The molecule has 1 aliphatic rings. The minimum absolute atomic E-state index is 0.0279. The molecule has 2 atom stereocenters. The summed E-state index contributed by atoms with van der Waals surface area (Å²) in [6.45, 7) is 5.46. The monoisotopic (exact) mass is 351 g/mol. The molecule has 0 spiro atoms. The Morgan fingerprint density at radius 1 is 1.04 bits per heavy atom. The molecule has 1 aliphatic heterocycles. The molecule has 0 aliphatic carbocycles. The maximum absolute atomic E-state index is 12.8. The number of benzene rings is 2. The Kier molecular flexibility index (Phi) is 5.14. The van der Waals surface area contributed by atoms with Gasteiger partial charge in [-0.05, 0) is 31.9 Å². The van der Waals surface area contributed by atoms with Crippen molar-refractivity contribution in [3.63, 3.8) is 0 Å². The number of nitrogens with zero attached hydrogens (tertiary/aromatic N) is 1. The van der Waals surface area contributed by atoms with Crippen LogP contribution in [0.4, 0.5) is 4.79 Å². The molecule has 2 aromatic rings. The Balaban J connectivity index is 2.02. The average molecular weight is 351 g/mol. The molecule has 1 heterocycles. The van der Waals surface area contributed by atoms with Crippen molar-refractivity contribution in [2.75, 3.05) is 0 Å². The molecule has 4 nitrogen and oxygen atoms in total. The lowest BCUT2D eigenvalue weighted by Crippen LogP contribution is -2.44. The standard InChI is InChI=1S/C22H25NO3/c1-22(2,3)26-21(25)23-19(17-12-8-5-9-13-17)14-18(15-20(23)24)16-10-6-4-7-11-16/h4-14,18,20,24H,15H2,1-3H3/t18-,20-/m0/s1. The average Bonchev–Trinajstić information content (AvgIpc) is 2.61. The Hall–Kier alpha value is -2.59. The minimum atomic E-state index is -0.949. The first kappa shape index (κ1) is 18.2. The summed E-state index contributed by atoms with van der Waals surface area (Å²) in [5.74, 6) is 0.0279. The van der Waals surface area contributed by atoms with Crippen LogP contribution in [0.5, 0.6) is 0 Å². The predicted molar refractivity (Wildman–Crippen MR) is 102 cm³/mol. The van der Waals surface area contributed by atoms with E-state index in [2.05, 4.69) is 0 Å². The number of allylic oxidation sites excluding steroid dienone is 1. The third-order valence-electron chi connectivity index (χ3n) is 4.27. The molecular weight excluding hydrogens is 326 g/mol. The van der Waals surface area contributed by atoms with Crippen LogP contribution in [0.15, 0.2) is 66.7 Å². The Labute approximate surface area is 154 Å². The molecular formula is C22H25NO3. The quantitative estimate of drug-likeness (QED) is 0.848. The van der Waals surface area contributed by atoms with Gasteiger partial charge in [0.1, 0.15) is 11.8 Å². The topological polar surface area (TPSA) is 49.8 Å². The van der Waals surface area contributed by atoms with E-state index < -0.39 is 17.9 Å². The Morgan fingerprint density at radius 3 is 2.19 bits per heavy atom. The highest BCUT2D eigenvalue weighted by Crippen LogP contribution is 2.37. The van der Waals surface area contributed by atoms with Crippen LogP contribution >= 0.6 is 0 Å². The molecule has 3 rings (SSSR count). The fourth-order valence-corrected chi connectivity index (χ4v) is 3.14. The van der Waals surface area contributed by atoms with Gasteiger partial charge in [0.2, 0.25) is 0 Å². The lowest BCUT2D eigenvalue weighted by Gasteiger charge is -2.37. The molecule has 2 aromatic carbocycles. The van der Waals surface area contributed by atoms with Gasteiger partial charge in [-0.15, -0.1) is 0 Å². The summed E-state index contributed by atoms with van der Waals surface area (Å²) in [4.78, 5) is 14.1. The lowest BCUT2D eigenvalue weighted by molar-refractivity contribution is -0.0134. The minimum Gasteiger partial charge on any atom is -0.443 e. The highest BCUT2D eigenvalue weighted by Gasteiger charge is 2.36. The molecule has 0 unspecified atom stereocenters. The molecule has 4 heteroatoms. The maximum Gasteiger partial charge on any atom is 0.416 e. The van der Waals surface area contributed by atoms with Crippen LogP contribution < -0.4 is 0 Å². The zero-order chi connectivity index (χ0) is 18.7. The third-order valence-corrected chi connectivity index (χ3v) is 4.27. The van der Waals surface area contributed by atoms with E-state index in [-0.39, 0.29) is 5.92 Å². The third kappa shape index (κ3) is 4.14. The molecule has 1 N–H and O–H groups in total. The van der Waals surface area contributed by atoms with E-state index >= 15 is 0 Å². The summed E-state index contributed by atoms with van der Waals surface area (Å²) in [6.07, 6.45) is 0.989. The van der Waals surface area contributed by atoms with Gasteiger partial charge in [-0.25, -0.2) is 4.79 Å². The molecule has 0 aromatic heterocycles. The summed E-state index contributed by atoms with van der Waals surface area (Å²) >= 11 is 0. The first-order chi connectivity index (χ1) is 12.3. The molecule has 26 heavy (non-hydrogen) atoms. The van der Waals surface area contributed by atoms with Crippen LogP contribution in [-0.4, -0.2) is 27.9 Å². The van der Waals surface area contributed by atoms with Crippen molar-refractivity contribution in [3.8, 4) is 0 Å². The Morgan fingerprint density at radius 2 is 1.62 bits per heavy atom. The van der Waals surface area contributed by atoms with E-state index in [1.54, 1.807) is 0 Å². The molecule has 0 bridgehead atoms. The van der Waals surface area contributed by atoms with Gasteiger partial charge in [-0.3, -0.25) is 4.90 Å². The number of aliphatic hydroxyl groups is 1. The maximum atomic E-state index is 12.8. The van der Waals surface area contributed by atoms with Crippen molar-refractivity contribution < 1.29 is 14.6 Å². The van der Waals surface area contributed by atoms with Gasteiger partial charge in [0, 0.05) is 12.3 Å². The highest BCUT2D eigenvalue weighted by molar-refractivity contribution is 5.83. The molecule has 0 saturated heterocycles. The first-order valence-electron chi connectivity index (χ1n) is 8.87. The van der Waals surface area contributed by atoms with Crippen LogP contribution in [0, 0.1) is 0 Å². The van der Waals surface area contributed by atoms with Gasteiger partial charge < -0.3 is 9.84 Å². The van der Waals surface area contributed by atoms with E-state index in [4.69, 9.17) is 4.74 Å². The lowest BCUT2D eigenvalue weighted by atomic mass is 9.89. The normalized spacial score (nSPS) is 20.5. The van der Waals surface area contributed by atoms with E-state index in [0.717, 1.165) is 11.1 Å². The fourth-order valence-electron chi connectivity index (χ4n) is 3.14. The van der Waals surface area contributed by atoms with E-state index in [1.807, 2.05) is 87.5 Å². The zero-order valence-electron chi connectivity index (χ0n) is 15.4.